The van der Waals surface area contributed by atoms with Crippen LogP contribution in [-0.4, -0.2) is 35.0 Å². The Morgan fingerprint density at radius 3 is 2.60 bits per heavy atom. The number of hydrazine groups is 1. The maximum Gasteiger partial charge on any atom is 0.340 e. The van der Waals surface area contributed by atoms with Gasteiger partial charge in [0.15, 0.2) is 0 Å². The van der Waals surface area contributed by atoms with Crippen molar-refractivity contribution in [2.24, 2.45) is 0 Å². The summed E-state index contributed by atoms with van der Waals surface area (Å²) in [6.07, 6.45) is 3.58. The quantitative estimate of drug-likeness (QED) is 0.776. The van der Waals surface area contributed by atoms with Crippen molar-refractivity contribution in [3.05, 3.63) is 66.6 Å². The summed E-state index contributed by atoms with van der Waals surface area (Å²) in [6, 6.07) is 14.9. The number of urea groups is 1. The van der Waals surface area contributed by atoms with Crippen LogP contribution < -0.4 is 5.32 Å². The van der Waals surface area contributed by atoms with Crippen LogP contribution in [0.4, 0.5) is 10.5 Å². The second-order valence-corrected chi connectivity index (χ2v) is 5.87. The number of fused-ring (bicyclic) bond motifs is 1. The van der Waals surface area contributed by atoms with E-state index in [-0.39, 0.29) is 11.9 Å². The SMILES string of the molecule is O=C(Nc1cccc2ccccc12)N1CCCN1C(=O)c1ccoc1. The molecule has 6 nitrogen and oxygen atoms in total. The molecule has 0 atom stereocenters. The smallest absolute Gasteiger partial charge is 0.340 e. The Kier molecular flexibility index (Phi) is 3.85. The largest absolute Gasteiger partial charge is 0.472 e. The normalized spacial score (nSPS) is 14.1. The standard InChI is InChI=1S/C19H17N3O3/c23-18(15-9-12-25-13-15)21-10-4-11-22(21)19(24)20-17-8-3-6-14-5-1-2-7-16(14)17/h1-3,5-9,12-13H,4,10-11H2,(H,20,24). The minimum absolute atomic E-state index is 0.237. The van der Waals surface area contributed by atoms with Gasteiger partial charge in [0.25, 0.3) is 5.91 Å². The number of carbonyl (C=O) groups excluding carboxylic acids is 2. The Morgan fingerprint density at radius 1 is 0.960 bits per heavy atom. The molecule has 0 spiro atoms. The first-order chi connectivity index (χ1) is 12.2. The molecule has 1 aliphatic heterocycles. The Labute approximate surface area is 144 Å². The number of rotatable bonds is 2. The molecule has 0 radical (unpaired) electrons. The van der Waals surface area contributed by atoms with Gasteiger partial charge < -0.3 is 9.73 Å². The zero-order valence-electron chi connectivity index (χ0n) is 13.5. The Bertz CT molecular complexity index is 915. The first kappa shape index (κ1) is 15.3. The predicted octanol–water partition coefficient (Wildman–Crippen LogP) is 3.73. The molecule has 2 aromatic carbocycles. The van der Waals surface area contributed by atoms with Crippen molar-refractivity contribution in [3.63, 3.8) is 0 Å². The number of hydrogen-bond acceptors (Lipinski definition) is 3. The fraction of sp³-hybridized carbons (Fsp3) is 0.158. The second kappa shape index (κ2) is 6.32. The van der Waals surface area contributed by atoms with Gasteiger partial charge in [0, 0.05) is 18.5 Å². The summed E-state index contributed by atoms with van der Waals surface area (Å²) in [5, 5.41) is 7.86. The lowest BCUT2D eigenvalue weighted by atomic mass is 10.1. The minimum Gasteiger partial charge on any atom is -0.472 e. The number of amides is 3. The van der Waals surface area contributed by atoms with E-state index in [2.05, 4.69) is 5.32 Å². The van der Waals surface area contributed by atoms with Gasteiger partial charge in [0.1, 0.15) is 6.26 Å². The van der Waals surface area contributed by atoms with Crippen LogP contribution >= 0.6 is 0 Å². The third-order valence-electron chi connectivity index (χ3n) is 4.30. The lowest BCUT2D eigenvalue weighted by molar-refractivity contribution is 0.0404. The van der Waals surface area contributed by atoms with Gasteiger partial charge >= 0.3 is 6.03 Å². The van der Waals surface area contributed by atoms with E-state index in [1.807, 2.05) is 42.5 Å². The molecule has 126 valence electrons. The molecule has 4 rings (SSSR count). The number of nitrogens with zero attached hydrogens (tertiary/aromatic N) is 2. The van der Waals surface area contributed by atoms with Gasteiger partial charge in [-0.1, -0.05) is 36.4 Å². The fourth-order valence-electron chi connectivity index (χ4n) is 3.08. The maximum atomic E-state index is 12.7. The summed E-state index contributed by atoms with van der Waals surface area (Å²) in [5.74, 6) is -0.237. The monoisotopic (exact) mass is 335 g/mol. The molecule has 1 saturated heterocycles. The van der Waals surface area contributed by atoms with Crippen LogP contribution in [-0.2, 0) is 0 Å². The van der Waals surface area contributed by atoms with Gasteiger partial charge in [-0.25, -0.2) is 14.8 Å². The number of anilines is 1. The van der Waals surface area contributed by atoms with Crippen LogP contribution in [0.3, 0.4) is 0 Å². The van der Waals surface area contributed by atoms with E-state index in [0.717, 1.165) is 22.9 Å². The highest BCUT2D eigenvalue weighted by atomic mass is 16.3. The molecule has 1 fully saturated rings. The van der Waals surface area contributed by atoms with E-state index in [1.54, 1.807) is 6.07 Å². The second-order valence-electron chi connectivity index (χ2n) is 5.87. The average molecular weight is 335 g/mol. The van der Waals surface area contributed by atoms with Crippen molar-refractivity contribution in [1.29, 1.82) is 0 Å². The first-order valence-electron chi connectivity index (χ1n) is 8.14. The van der Waals surface area contributed by atoms with Crippen LogP contribution in [0.25, 0.3) is 10.8 Å². The molecular formula is C19H17N3O3. The topological polar surface area (TPSA) is 65.8 Å². The molecule has 1 N–H and O–H groups in total. The Balaban J connectivity index is 1.56. The van der Waals surface area contributed by atoms with E-state index in [1.165, 1.54) is 22.5 Å². The number of benzene rings is 2. The summed E-state index contributed by atoms with van der Waals surface area (Å²) in [5.41, 5.74) is 1.16. The molecule has 2 heterocycles. The van der Waals surface area contributed by atoms with Crippen LogP contribution in [0.2, 0.25) is 0 Å². The number of furan rings is 1. The summed E-state index contributed by atoms with van der Waals surface area (Å²) in [6.45, 7) is 1.01. The maximum absolute atomic E-state index is 12.7. The van der Waals surface area contributed by atoms with Gasteiger partial charge in [0.05, 0.1) is 17.5 Å². The van der Waals surface area contributed by atoms with Crippen molar-refractivity contribution < 1.29 is 14.0 Å². The van der Waals surface area contributed by atoms with E-state index in [9.17, 15) is 9.59 Å². The molecule has 25 heavy (non-hydrogen) atoms. The summed E-state index contributed by atoms with van der Waals surface area (Å²) < 4.78 is 4.97. The minimum atomic E-state index is -0.314. The van der Waals surface area contributed by atoms with E-state index >= 15 is 0 Å². The van der Waals surface area contributed by atoms with Crippen LogP contribution in [0.5, 0.6) is 0 Å². The van der Waals surface area contributed by atoms with Crippen LogP contribution in [0, 0.1) is 0 Å². The zero-order chi connectivity index (χ0) is 17.2. The predicted molar refractivity (Wildman–Crippen MR) is 94.0 cm³/mol. The summed E-state index contributed by atoms with van der Waals surface area (Å²) in [7, 11) is 0. The van der Waals surface area contributed by atoms with E-state index in [0.29, 0.717) is 18.7 Å². The van der Waals surface area contributed by atoms with Crippen molar-refractivity contribution in [2.45, 2.75) is 6.42 Å². The third kappa shape index (κ3) is 2.82. The van der Waals surface area contributed by atoms with Gasteiger partial charge in [-0.3, -0.25) is 4.79 Å². The number of hydrogen-bond donors (Lipinski definition) is 1. The van der Waals surface area contributed by atoms with Crippen molar-refractivity contribution in [2.75, 3.05) is 18.4 Å². The molecule has 3 aromatic rings. The summed E-state index contributed by atoms with van der Waals surface area (Å²) >= 11 is 0. The highest BCUT2D eigenvalue weighted by Crippen LogP contribution is 2.24. The molecule has 0 aliphatic carbocycles. The number of carbonyl (C=O) groups is 2. The fourth-order valence-corrected chi connectivity index (χ4v) is 3.08. The van der Waals surface area contributed by atoms with Gasteiger partial charge in [-0.05, 0) is 23.9 Å². The van der Waals surface area contributed by atoms with Crippen molar-refractivity contribution >= 4 is 28.4 Å². The summed E-state index contributed by atoms with van der Waals surface area (Å²) in [4.78, 5) is 25.3. The lowest BCUT2D eigenvalue weighted by Gasteiger charge is -2.27. The highest BCUT2D eigenvalue weighted by Gasteiger charge is 2.31. The average Bonchev–Trinajstić information content (AvgIpc) is 3.33. The van der Waals surface area contributed by atoms with Crippen LogP contribution in [0.15, 0.2) is 65.5 Å². The van der Waals surface area contributed by atoms with Crippen LogP contribution in [0.1, 0.15) is 16.8 Å². The number of nitrogens with one attached hydrogen (secondary N) is 1. The zero-order valence-corrected chi connectivity index (χ0v) is 13.5. The third-order valence-corrected chi connectivity index (χ3v) is 4.30. The molecule has 0 unspecified atom stereocenters. The molecule has 0 saturated carbocycles. The molecular weight excluding hydrogens is 318 g/mol. The molecule has 0 bridgehead atoms. The molecule has 1 aliphatic rings. The molecule has 1 aromatic heterocycles. The molecule has 6 heteroatoms. The van der Waals surface area contributed by atoms with Gasteiger partial charge in [0.2, 0.25) is 0 Å². The highest BCUT2D eigenvalue weighted by molar-refractivity contribution is 6.02. The van der Waals surface area contributed by atoms with Gasteiger partial charge in [-0.15, -0.1) is 0 Å². The van der Waals surface area contributed by atoms with Gasteiger partial charge in [-0.2, -0.15) is 0 Å². The Hall–Kier alpha value is -3.28. The van der Waals surface area contributed by atoms with Crippen molar-refractivity contribution in [1.82, 2.24) is 10.0 Å². The Morgan fingerprint density at radius 2 is 1.76 bits per heavy atom. The lowest BCUT2D eigenvalue weighted by Crippen LogP contribution is -2.46. The van der Waals surface area contributed by atoms with Crippen molar-refractivity contribution in [3.8, 4) is 0 Å². The van der Waals surface area contributed by atoms with E-state index < -0.39 is 0 Å². The first-order valence-corrected chi connectivity index (χ1v) is 8.14. The molecule has 3 amide bonds. The van der Waals surface area contributed by atoms with E-state index in [4.69, 9.17) is 4.42 Å².